The maximum Gasteiger partial charge on any atom is 0.416 e. The van der Waals surface area contributed by atoms with Crippen molar-refractivity contribution in [1.29, 1.82) is 0 Å². The Bertz CT molecular complexity index is 1540. The van der Waals surface area contributed by atoms with E-state index in [2.05, 4.69) is 16.0 Å². The molecule has 0 spiro atoms. The van der Waals surface area contributed by atoms with Crippen LogP contribution in [-0.2, 0) is 15.8 Å². The molecule has 6 nitrogen and oxygen atoms in total. The number of amides is 3. The number of alkyl halides is 3. The molecule has 0 saturated carbocycles. The average molecular weight is 606 g/mol. The molecule has 0 aromatic heterocycles. The minimum Gasteiger partial charge on any atom is -0.354 e. The van der Waals surface area contributed by atoms with Crippen LogP contribution >= 0.6 is 11.8 Å². The zero-order chi connectivity index (χ0) is 30.8. The number of hydrogen-bond acceptors (Lipinski definition) is 4. The fourth-order valence-corrected chi connectivity index (χ4v) is 4.96. The van der Waals surface area contributed by atoms with Crippen LogP contribution in [0.25, 0.3) is 11.1 Å². The first-order valence-electron chi connectivity index (χ1n) is 13.6. The first-order chi connectivity index (χ1) is 20.7. The highest BCUT2D eigenvalue weighted by atomic mass is 32.2. The summed E-state index contributed by atoms with van der Waals surface area (Å²) < 4.78 is 38.9. The van der Waals surface area contributed by atoms with Gasteiger partial charge in [0.25, 0.3) is 5.91 Å². The van der Waals surface area contributed by atoms with Crippen molar-refractivity contribution < 1.29 is 27.6 Å². The second-order valence-corrected chi connectivity index (χ2v) is 10.6. The third-order valence-electron chi connectivity index (χ3n) is 6.43. The lowest BCUT2D eigenvalue weighted by molar-refractivity contribution is -0.137. The number of hydrogen-bond donors (Lipinski definition) is 3. The molecular weight excluding hydrogens is 575 g/mol. The summed E-state index contributed by atoms with van der Waals surface area (Å²) in [5.74, 6) is -0.908. The van der Waals surface area contributed by atoms with Gasteiger partial charge in [0.05, 0.1) is 11.3 Å². The number of benzene rings is 4. The molecule has 0 aliphatic heterocycles. The zero-order valence-corrected chi connectivity index (χ0v) is 24.1. The first-order valence-corrected chi connectivity index (χ1v) is 14.6. The summed E-state index contributed by atoms with van der Waals surface area (Å²) in [5, 5.41) is 8.46. The van der Waals surface area contributed by atoms with Crippen LogP contribution in [0.5, 0.6) is 0 Å². The SMILES string of the molecule is CCCNC(=O)[C@@H](NC(=O)CSc1ccc(NC(=O)c2ccccc2-c2ccc(C(F)(F)F)cc2)cc1)c1ccccc1. The first kappa shape index (κ1) is 31.4. The molecule has 4 aromatic rings. The standard InChI is InChI=1S/C33H30F3N3O3S/c1-2-20-37-32(42)30(23-8-4-3-5-9-23)39-29(40)21-43-26-18-16-25(17-19-26)38-31(41)28-11-7-6-10-27(28)22-12-14-24(15-13-22)33(34,35)36/h3-19,30H,2,20-21H2,1H3,(H,37,42)(H,38,41)(H,39,40)/t30-/m0/s1. The topological polar surface area (TPSA) is 87.3 Å². The highest BCUT2D eigenvalue weighted by Crippen LogP contribution is 2.32. The van der Waals surface area contributed by atoms with Crippen LogP contribution in [0.2, 0.25) is 0 Å². The van der Waals surface area contributed by atoms with E-state index in [4.69, 9.17) is 0 Å². The molecule has 0 fully saturated rings. The summed E-state index contributed by atoms with van der Waals surface area (Å²) in [6.45, 7) is 2.46. The van der Waals surface area contributed by atoms with Crippen molar-refractivity contribution in [2.45, 2.75) is 30.5 Å². The molecule has 10 heteroatoms. The van der Waals surface area contributed by atoms with Crippen molar-refractivity contribution in [2.75, 3.05) is 17.6 Å². The van der Waals surface area contributed by atoms with Gasteiger partial charge in [-0.05, 0) is 65.6 Å². The number of rotatable bonds is 11. The third kappa shape index (κ3) is 8.71. The molecule has 0 unspecified atom stereocenters. The summed E-state index contributed by atoms with van der Waals surface area (Å²) in [6.07, 6.45) is -3.67. The van der Waals surface area contributed by atoms with Crippen molar-refractivity contribution in [3.05, 3.63) is 120 Å². The Balaban J connectivity index is 1.36. The summed E-state index contributed by atoms with van der Waals surface area (Å²) in [7, 11) is 0. The minimum atomic E-state index is -4.45. The molecule has 0 aliphatic carbocycles. The predicted molar refractivity (Wildman–Crippen MR) is 163 cm³/mol. The van der Waals surface area contributed by atoms with E-state index in [0.29, 0.717) is 34.5 Å². The van der Waals surface area contributed by atoms with E-state index in [-0.39, 0.29) is 17.6 Å². The molecule has 3 amide bonds. The number of nitrogens with one attached hydrogen (secondary N) is 3. The third-order valence-corrected chi connectivity index (χ3v) is 7.44. The molecule has 0 aliphatic rings. The summed E-state index contributed by atoms with van der Waals surface area (Å²) in [6, 6.07) is 26.5. The maximum absolute atomic E-state index is 13.1. The van der Waals surface area contributed by atoms with Gasteiger partial charge in [-0.3, -0.25) is 14.4 Å². The van der Waals surface area contributed by atoms with Gasteiger partial charge in [0, 0.05) is 22.7 Å². The summed E-state index contributed by atoms with van der Waals surface area (Å²) in [5.41, 5.74) is 1.74. The Morgan fingerprint density at radius 1 is 0.814 bits per heavy atom. The van der Waals surface area contributed by atoms with Crippen LogP contribution in [0.1, 0.15) is 40.9 Å². The Hall–Kier alpha value is -4.57. The molecule has 1 atom stereocenters. The zero-order valence-electron chi connectivity index (χ0n) is 23.3. The minimum absolute atomic E-state index is 0.0800. The predicted octanol–water partition coefficient (Wildman–Crippen LogP) is 7.10. The van der Waals surface area contributed by atoms with Crippen molar-refractivity contribution in [1.82, 2.24) is 10.6 Å². The van der Waals surface area contributed by atoms with Gasteiger partial charge < -0.3 is 16.0 Å². The van der Waals surface area contributed by atoms with E-state index < -0.39 is 23.7 Å². The second-order valence-electron chi connectivity index (χ2n) is 9.59. The normalized spacial score (nSPS) is 11.8. The van der Waals surface area contributed by atoms with Gasteiger partial charge >= 0.3 is 6.18 Å². The molecule has 0 radical (unpaired) electrons. The smallest absolute Gasteiger partial charge is 0.354 e. The largest absolute Gasteiger partial charge is 0.416 e. The summed E-state index contributed by atoms with van der Waals surface area (Å²) >= 11 is 1.29. The highest BCUT2D eigenvalue weighted by molar-refractivity contribution is 8.00. The second kappa shape index (κ2) is 14.6. The number of anilines is 1. The Morgan fingerprint density at radius 3 is 2.12 bits per heavy atom. The molecule has 0 saturated heterocycles. The molecule has 43 heavy (non-hydrogen) atoms. The number of carbonyl (C=O) groups excluding carboxylic acids is 3. The Labute approximate surface area is 252 Å². The molecular formula is C33H30F3N3O3S. The van der Waals surface area contributed by atoms with E-state index in [1.54, 1.807) is 60.7 Å². The van der Waals surface area contributed by atoms with E-state index in [0.717, 1.165) is 23.4 Å². The fraction of sp³-hybridized carbons (Fsp3) is 0.182. The molecule has 222 valence electrons. The van der Waals surface area contributed by atoms with E-state index in [9.17, 15) is 27.6 Å². The maximum atomic E-state index is 13.1. The molecule has 4 rings (SSSR count). The van der Waals surface area contributed by atoms with Gasteiger partial charge in [-0.1, -0.05) is 67.6 Å². The summed E-state index contributed by atoms with van der Waals surface area (Å²) in [4.78, 5) is 39.3. The van der Waals surface area contributed by atoms with Crippen LogP contribution in [0.15, 0.2) is 108 Å². The lowest BCUT2D eigenvalue weighted by atomic mass is 9.98. The van der Waals surface area contributed by atoms with Crippen LogP contribution in [-0.4, -0.2) is 30.0 Å². The van der Waals surface area contributed by atoms with Crippen LogP contribution in [0.3, 0.4) is 0 Å². The quantitative estimate of drug-likeness (QED) is 0.159. The highest BCUT2D eigenvalue weighted by Gasteiger charge is 2.30. The van der Waals surface area contributed by atoms with Gasteiger partial charge in [-0.25, -0.2) is 0 Å². The Kier molecular flexibility index (Phi) is 10.6. The molecule has 0 heterocycles. The molecule has 3 N–H and O–H groups in total. The lowest BCUT2D eigenvalue weighted by Crippen LogP contribution is -2.41. The van der Waals surface area contributed by atoms with Crippen LogP contribution < -0.4 is 16.0 Å². The van der Waals surface area contributed by atoms with Gasteiger partial charge in [0.1, 0.15) is 6.04 Å². The van der Waals surface area contributed by atoms with Gasteiger partial charge in [0.2, 0.25) is 11.8 Å². The van der Waals surface area contributed by atoms with E-state index in [1.807, 2.05) is 25.1 Å². The molecule has 0 bridgehead atoms. The van der Waals surface area contributed by atoms with E-state index >= 15 is 0 Å². The van der Waals surface area contributed by atoms with E-state index in [1.165, 1.54) is 23.9 Å². The van der Waals surface area contributed by atoms with Crippen molar-refractivity contribution in [3.8, 4) is 11.1 Å². The molecule has 4 aromatic carbocycles. The Morgan fingerprint density at radius 2 is 1.47 bits per heavy atom. The van der Waals surface area contributed by atoms with Crippen molar-refractivity contribution in [2.24, 2.45) is 0 Å². The van der Waals surface area contributed by atoms with Gasteiger partial charge in [-0.15, -0.1) is 11.8 Å². The van der Waals surface area contributed by atoms with Crippen LogP contribution in [0.4, 0.5) is 18.9 Å². The number of thioether (sulfide) groups is 1. The van der Waals surface area contributed by atoms with Crippen molar-refractivity contribution in [3.63, 3.8) is 0 Å². The van der Waals surface area contributed by atoms with Crippen LogP contribution in [0, 0.1) is 0 Å². The number of halogens is 3. The van der Waals surface area contributed by atoms with Crippen molar-refractivity contribution >= 4 is 35.2 Å². The lowest BCUT2D eigenvalue weighted by Gasteiger charge is -2.18. The van der Waals surface area contributed by atoms with Gasteiger partial charge in [-0.2, -0.15) is 13.2 Å². The fourth-order valence-electron chi connectivity index (χ4n) is 4.25. The van der Waals surface area contributed by atoms with Gasteiger partial charge in [0.15, 0.2) is 0 Å². The average Bonchev–Trinajstić information content (AvgIpc) is 3.02. The number of carbonyl (C=O) groups is 3. The monoisotopic (exact) mass is 605 g/mol.